The Morgan fingerprint density at radius 3 is 2.59 bits per heavy atom. The van der Waals surface area contributed by atoms with Crippen molar-refractivity contribution in [2.24, 2.45) is 0 Å². The van der Waals surface area contributed by atoms with Crippen molar-refractivity contribution in [3.63, 3.8) is 0 Å². The highest BCUT2D eigenvalue weighted by Crippen LogP contribution is 2.31. The van der Waals surface area contributed by atoms with E-state index in [1.807, 2.05) is 6.07 Å². The summed E-state index contributed by atoms with van der Waals surface area (Å²) in [6.07, 6.45) is 0. The molecule has 0 atom stereocenters. The van der Waals surface area contributed by atoms with Gasteiger partial charge in [-0.15, -0.1) is 0 Å². The van der Waals surface area contributed by atoms with Crippen LogP contribution in [0, 0.1) is 0 Å². The molecular formula is C20H21ClN4O4. The fraction of sp³-hybridized carbons (Fsp3) is 0.250. The van der Waals surface area contributed by atoms with Gasteiger partial charge in [-0.25, -0.2) is 0 Å². The maximum atomic E-state index is 12.4. The lowest BCUT2D eigenvalue weighted by molar-refractivity contribution is 0.0828. The predicted molar refractivity (Wildman–Crippen MR) is 110 cm³/mol. The van der Waals surface area contributed by atoms with Crippen molar-refractivity contribution in [1.29, 1.82) is 0 Å². The molecule has 0 unspecified atom stereocenters. The first-order chi connectivity index (χ1) is 13.9. The second kappa shape index (κ2) is 8.83. The number of carbonyl (C=O) groups excluding carboxylic acids is 1. The van der Waals surface area contributed by atoms with Gasteiger partial charge >= 0.3 is 0 Å². The van der Waals surface area contributed by atoms with Gasteiger partial charge < -0.3 is 24.2 Å². The van der Waals surface area contributed by atoms with Crippen LogP contribution in [0.1, 0.15) is 16.2 Å². The van der Waals surface area contributed by atoms with E-state index < -0.39 is 0 Å². The van der Waals surface area contributed by atoms with Crippen molar-refractivity contribution in [3.8, 4) is 22.9 Å². The maximum absolute atomic E-state index is 12.4. The second-order valence-corrected chi connectivity index (χ2v) is 6.76. The van der Waals surface area contributed by atoms with Crippen LogP contribution in [-0.2, 0) is 6.54 Å². The number of nitrogens with zero attached hydrogens (tertiary/aromatic N) is 3. The lowest BCUT2D eigenvalue weighted by Crippen LogP contribution is -2.23. The summed E-state index contributed by atoms with van der Waals surface area (Å²) >= 11 is 6.08. The van der Waals surface area contributed by atoms with E-state index in [1.54, 1.807) is 58.6 Å². The van der Waals surface area contributed by atoms with E-state index in [1.165, 1.54) is 4.90 Å². The van der Waals surface area contributed by atoms with Crippen molar-refractivity contribution in [3.05, 3.63) is 52.9 Å². The van der Waals surface area contributed by atoms with Crippen LogP contribution in [0.3, 0.4) is 0 Å². The summed E-state index contributed by atoms with van der Waals surface area (Å²) in [6, 6.07) is 10.4. The van der Waals surface area contributed by atoms with Gasteiger partial charge in [-0.3, -0.25) is 4.79 Å². The van der Waals surface area contributed by atoms with E-state index in [-0.39, 0.29) is 12.5 Å². The third kappa shape index (κ3) is 4.60. The Morgan fingerprint density at radius 2 is 1.90 bits per heavy atom. The van der Waals surface area contributed by atoms with Gasteiger partial charge in [0.2, 0.25) is 11.7 Å². The molecule has 0 aliphatic rings. The zero-order chi connectivity index (χ0) is 21.0. The Kier molecular flexibility index (Phi) is 6.23. The monoisotopic (exact) mass is 416 g/mol. The molecule has 0 saturated carbocycles. The largest absolute Gasteiger partial charge is 0.493 e. The summed E-state index contributed by atoms with van der Waals surface area (Å²) in [5.74, 6) is 1.82. The van der Waals surface area contributed by atoms with E-state index in [0.29, 0.717) is 39.5 Å². The molecule has 1 aromatic heterocycles. The smallest absolute Gasteiger partial charge is 0.255 e. The number of hydrogen-bond donors (Lipinski definition) is 1. The average molecular weight is 417 g/mol. The SMILES string of the molecule is COc1ccc(-c2noc(CNc3cc(Cl)ccc3C(=O)N(C)C)n2)cc1OC. The molecule has 0 saturated heterocycles. The zero-order valence-electron chi connectivity index (χ0n) is 16.5. The van der Waals surface area contributed by atoms with Crippen LogP contribution in [0.4, 0.5) is 5.69 Å². The minimum Gasteiger partial charge on any atom is -0.493 e. The summed E-state index contributed by atoms with van der Waals surface area (Å²) in [4.78, 5) is 18.2. The van der Waals surface area contributed by atoms with E-state index in [4.69, 9.17) is 25.6 Å². The molecule has 0 aliphatic carbocycles. The maximum Gasteiger partial charge on any atom is 0.255 e. The summed E-state index contributed by atoms with van der Waals surface area (Å²) in [7, 11) is 6.51. The number of hydrogen-bond acceptors (Lipinski definition) is 7. The number of aromatic nitrogens is 2. The van der Waals surface area contributed by atoms with E-state index in [0.717, 1.165) is 5.56 Å². The quantitative estimate of drug-likeness (QED) is 0.627. The fourth-order valence-corrected chi connectivity index (χ4v) is 2.85. The molecule has 3 rings (SSSR count). The molecule has 8 nitrogen and oxygen atoms in total. The number of rotatable bonds is 7. The number of ether oxygens (including phenoxy) is 2. The Hall–Kier alpha value is -3.26. The highest BCUT2D eigenvalue weighted by atomic mass is 35.5. The molecule has 9 heteroatoms. The molecule has 1 heterocycles. The van der Waals surface area contributed by atoms with Gasteiger partial charge in [0, 0.05) is 30.4 Å². The van der Waals surface area contributed by atoms with Gasteiger partial charge in [0.1, 0.15) is 0 Å². The number of benzene rings is 2. The molecular weight excluding hydrogens is 396 g/mol. The van der Waals surface area contributed by atoms with Crippen LogP contribution < -0.4 is 14.8 Å². The van der Waals surface area contributed by atoms with Crippen molar-refractivity contribution >= 4 is 23.2 Å². The third-order valence-corrected chi connectivity index (χ3v) is 4.39. The first kappa shape index (κ1) is 20.5. The van der Waals surface area contributed by atoms with Crippen molar-refractivity contribution in [2.45, 2.75) is 6.54 Å². The first-order valence-corrected chi connectivity index (χ1v) is 9.10. The fourth-order valence-electron chi connectivity index (χ4n) is 2.68. The highest BCUT2D eigenvalue weighted by molar-refractivity contribution is 6.31. The van der Waals surface area contributed by atoms with Crippen molar-refractivity contribution in [1.82, 2.24) is 15.0 Å². The summed E-state index contributed by atoms with van der Waals surface area (Å²) < 4.78 is 15.9. The number of halogens is 1. The molecule has 0 radical (unpaired) electrons. The minimum atomic E-state index is -0.138. The van der Waals surface area contributed by atoms with Crippen LogP contribution in [0.5, 0.6) is 11.5 Å². The van der Waals surface area contributed by atoms with E-state index in [9.17, 15) is 4.79 Å². The number of methoxy groups -OCH3 is 2. The number of nitrogens with one attached hydrogen (secondary N) is 1. The van der Waals surface area contributed by atoms with Gasteiger partial charge in [-0.05, 0) is 36.4 Å². The van der Waals surface area contributed by atoms with Gasteiger partial charge in [0.05, 0.1) is 26.3 Å². The average Bonchev–Trinajstić information content (AvgIpc) is 3.20. The summed E-state index contributed by atoms with van der Waals surface area (Å²) in [5, 5.41) is 7.66. The van der Waals surface area contributed by atoms with Gasteiger partial charge in [0.15, 0.2) is 11.5 Å². The second-order valence-electron chi connectivity index (χ2n) is 6.32. The van der Waals surface area contributed by atoms with E-state index in [2.05, 4.69) is 15.5 Å². The molecule has 1 N–H and O–H groups in total. The number of amides is 1. The zero-order valence-corrected chi connectivity index (χ0v) is 17.3. The van der Waals surface area contributed by atoms with Crippen LogP contribution in [0.25, 0.3) is 11.4 Å². The van der Waals surface area contributed by atoms with E-state index >= 15 is 0 Å². The Morgan fingerprint density at radius 1 is 1.14 bits per heavy atom. The Bertz CT molecular complexity index is 1020. The Labute approximate surface area is 173 Å². The number of anilines is 1. The molecule has 0 fully saturated rings. The molecule has 0 bridgehead atoms. The molecule has 2 aromatic carbocycles. The van der Waals surface area contributed by atoms with Crippen LogP contribution >= 0.6 is 11.6 Å². The Balaban J connectivity index is 1.78. The first-order valence-electron chi connectivity index (χ1n) is 8.73. The topological polar surface area (TPSA) is 89.7 Å². The normalized spacial score (nSPS) is 10.5. The van der Waals surface area contributed by atoms with Gasteiger partial charge in [0.25, 0.3) is 5.91 Å². The van der Waals surface area contributed by atoms with Gasteiger partial charge in [-0.2, -0.15) is 4.98 Å². The lowest BCUT2D eigenvalue weighted by atomic mass is 10.1. The minimum absolute atomic E-state index is 0.138. The van der Waals surface area contributed by atoms with Gasteiger partial charge in [-0.1, -0.05) is 16.8 Å². The summed E-state index contributed by atoms with van der Waals surface area (Å²) in [6.45, 7) is 0.230. The van der Waals surface area contributed by atoms with Crippen LogP contribution in [0.2, 0.25) is 5.02 Å². The highest BCUT2D eigenvalue weighted by Gasteiger charge is 2.16. The molecule has 3 aromatic rings. The van der Waals surface area contributed by atoms with Crippen molar-refractivity contribution < 1.29 is 18.8 Å². The lowest BCUT2D eigenvalue weighted by Gasteiger charge is -2.15. The van der Waals surface area contributed by atoms with Crippen molar-refractivity contribution in [2.75, 3.05) is 33.6 Å². The third-order valence-electron chi connectivity index (χ3n) is 4.16. The molecule has 0 aliphatic heterocycles. The predicted octanol–water partition coefficient (Wildman–Crippen LogP) is 3.72. The molecule has 0 spiro atoms. The standard InChI is InChI=1S/C20H21ClN4O4/c1-25(2)20(26)14-7-6-13(21)10-15(14)22-11-18-23-19(24-29-18)12-5-8-16(27-3)17(9-12)28-4/h5-10,22H,11H2,1-4H3. The van der Waals surface area contributed by atoms with Crippen LogP contribution in [0.15, 0.2) is 40.9 Å². The molecule has 1 amide bonds. The van der Waals surface area contributed by atoms with Crippen LogP contribution in [-0.4, -0.2) is 49.3 Å². The molecule has 29 heavy (non-hydrogen) atoms. The summed E-state index contributed by atoms with van der Waals surface area (Å²) in [5.41, 5.74) is 1.81. The number of carbonyl (C=O) groups is 1. The molecule has 152 valence electrons.